The third-order valence-corrected chi connectivity index (χ3v) is 7.53. The minimum absolute atomic E-state index is 0.0832. The van der Waals surface area contributed by atoms with Crippen LogP contribution in [0.1, 0.15) is 17.9 Å². The normalized spacial score (nSPS) is 29.3. The maximum absolute atomic E-state index is 13.3. The number of Topliss-reactive ketones (excluding diaryl/α,β-unsaturated/α-hetero) is 2. The van der Waals surface area contributed by atoms with Crippen molar-refractivity contribution < 1.29 is 24.2 Å². The molecule has 0 saturated carbocycles. The van der Waals surface area contributed by atoms with Crippen LogP contribution in [0.4, 0.5) is 0 Å². The summed E-state index contributed by atoms with van der Waals surface area (Å²) in [6.07, 6.45) is 3.02. The van der Waals surface area contributed by atoms with Crippen molar-refractivity contribution in [2.45, 2.75) is 22.1 Å². The molecule has 0 aliphatic heterocycles. The van der Waals surface area contributed by atoms with Crippen molar-refractivity contribution >= 4 is 58.0 Å². The maximum Gasteiger partial charge on any atom is 0.200 e. The number of carbonyl (C=O) groups is 2. The summed E-state index contributed by atoms with van der Waals surface area (Å²) in [5.74, 6) is -2.47. The zero-order valence-electron chi connectivity index (χ0n) is 15.4. The molecule has 9 heteroatoms. The van der Waals surface area contributed by atoms with Crippen LogP contribution in [0, 0.1) is 0 Å². The molecule has 0 unspecified atom stereocenters. The number of aromatic hydroxyl groups is 1. The van der Waals surface area contributed by atoms with Gasteiger partial charge in [0, 0.05) is 23.6 Å². The maximum atomic E-state index is 13.3. The number of methoxy groups -OCH3 is 2. The van der Waals surface area contributed by atoms with Crippen molar-refractivity contribution in [2.24, 2.45) is 0 Å². The predicted octanol–water partition coefficient (Wildman–Crippen LogP) is 4.81. The van der Waals surface area contributed by atoms with Crippen LogP contribution in [0.3, 0.4) is 0 Å². The number of hydrogen-bond donors (Lipinski definition) is 1. The van der Waals surface area contributed by atoms with Gasteiger partial charge in [0.1, 0.15) is 37.1 Å². The predicted molar refractivity (Wildman–Crippen MR) is 113 cm³/mol. The van der Waals surface area contributed by atoms with Crippen LogP contribution in [0.2, 0.25) is 0 Å². The first-order valence-corrected chi connectivity index (χ1v) is 9.89. The third-order valence-electron chi connectivity index (χ3n) is 5.28. The van der Waals surface area contributed by atoms with Crippen LogP contribution < -0.4 is 9.47 Å². The molecule has 5 nitrogen and oxygen atoms in total. The molecule has 1 aromatic rings. The highest BCUT2D eigenvalue weighted by molar-refractivity contribution is 6.66. The summed E-state index contributed by atoms with van der Waals surface area (Å²) in [4.78, 5) is 22.2. The minimum atomic E-state index is -2.08. The van der Waals surface area contributed by atoms with E-state index in [1.165, 1.54) is 32.4 Å². The highest BCUT2D eigenvalue weighted by atomic mass is 35.5. The second-order valence-corrected chi connectivity index (χ2v) is 8.60. The molecule has 0 spiro atoms. The lowest BCUT2D eigenvalue weighted by Crippen LogP contribution is -2.64. The van der Waals surface area contributed by atoms with Gasteiger partial charge in [-0.25, -0.2) is 0 Å². The van der Waals surface area contributed by atoms with E-state index in [1.54, 1.807) is 6.08 Å². The number of alkyl halides is 2. The van der Waals surface area contributed by atoms with Crippen LogP contribution in [0.5, 0.6) is 17.2 Å². The number of carbonyl (C=O) groups excluding carboxylic acids is 2. The smallest absolute Gasteiger partial charge is 0.200 e. The highest BCUT2D eigenvalue weighted by Crippen LogP contribution is 2.61. The van der Waals surface area contributed by atoms with Crippen molar-refractivity contribution in [2.75, 3.05) is 14.2 Å². The fraction of sp³-hybridized carbons (Fsp3) is 0.300. The second-order valence-electron chi connectivity index (χ2n) is 6.61. The number of hydrogen-bond acceptors (Lipinski definition) is 5. The zero-order valence-corrected chi connectivity index (χ0v) is 18.4. The number of phenolic OH excluding ortho intramolecular Hbond substituents is 1. The number of benzene rings is 1. The van der Waals surface area contributed by atoms with Gasteiger partial charge in [-0.1, -0.05) is 41.9 Å². The summed E-state index contributed by atoms with van der Waals surface area (Å²) in [7, 11) is 2.80. The van der Waals surface area contributed by atoms with E-state index in [1.807, 2.05) is 0 Å². The molecule has 0 fully saturated rings. The molecule has 1 aromatic carbocycles. The molecule has 2 aliphatic rings. The molecule has 154 valence electrons. The number of allylic oxidation sites excluding steroid dienone is 5. The first kappa shape index (κ1) is 22.0. The number of fused-ring (bicyclic) bond motifs is 1. The topological polar surface area (TPSA) is 72.8 Å². The molecule has 1 N–H and O–H groups in total. The second kappa shape index (κ2) is 7.55. The number of ether oxygens (including phenoxy) is 2. The molecule has 0 saturated heterocycles. The van der Waals surface area contributed by atoms with Gasteiger partial charge in [-0.15, -0.1) is 23.2 Å². The number of rotatable bonds is 4. The Hall–Kier alpha value is -1.66. The SMILES string of the molecule is C=CC1=CC[C@@]2(Cl)C(=O)C(Cl)=C(Cl)C(=O)[C@@]2(Cl)[C@H]1c1c(O)cc(OC)cc1OC. The van der Waals surface area contributed by atoms with Gasteiger partial charge in [-0.05, 0) is 12.0 Å². The fourth-order valence-electron chi connectivity index (χ4n) is 3.82. The summed E-state index contributed by atoms with van der Waals surface area (Å²) in [5.41, 5.74) is 0.612. The standard InChI is InChI=1S/C20H16Cl4O5/c1-4-9-5-6-19(23)17(26)15(21)16(22)18(27)20(19,24)14(9)13-11(25)7-10(28-2)8-12(13)29-3/h4-5,7-8,14,25H,1,6H2,2-3H3/t14-,19-,20+/m1/s1. The molecule has 3 rings (SSSR count). The molecule has 0 bridgehead atoms. The Balaban J connectivity index is 2.40. The molecule has 0 heterocycles. The first-order valence-electron chi connectivity index (χ1n) is 8.38. The van der Waals surface area contributed by atoms with Gasteiger partial charge in [-0.2, -0.15) is 0 Å². The Morgan fingerprint density at radius 1 is 1.14 bits per heavy atom. The van der Waals surface area contributed by atoms with E-state index in [0.29, 0.717) is 11.3 Å². The highest BCUT2D eigenvalue weighted by Gasteiger charge is 2.69. The lowest BCUT2D eigenvalue weighted by molar-refractivity contribution is -0.127. The van der Waals surface area contributed by atoms with E-state index in [4.69, 9.17) is 55.9 Å². The Kier molecular flexibility index (Phi) is 5.73. The van der Waals surface area contributed by atoms with Crippen molar-refractivity contribution in [3.05, 3.63) is 52.1 Å². The molecular weight excluding hydrogens is 462 g/mol. The molecular formula is C20H16Cl4O5. The van der Waals surface area contributed by atoms with Crippen LogP contribution in [-0.4, -0.2) is 40.6 Å². The molecule has 0 radical (unpaired) electrons. The quantitative estimate of drug-likeness (QED) is 0.630. The largest absolute Gasteiger partial charge is 0.507 e. The lowest BCUT2D eigenvalue weighted by atomic mass is 9.62. The van der Waals surface area contributed by atoms with Crippen molar-refractivity contribution in [1.82, 2.24) is 0 Å². The zero-order chi connectivity index (χ0) is 21.7. The van der Waals surface area contributed by atoms with Crippen LogP contribution in [0.25, 0.3) is 0 Å². The summed E-state index contributed by atoms with van der Waals surface area (Å²) in [6, 6.07) is 2.85. The summed E-state index contributed by atoms with van der Waals surface area (Å²) in [6.45, 7) is 3.76. The van der Waals surface area contributed by atoms with Gasteiger partial charge in [0.15, 0.2) is 11.6 Å². The van der Waals surface area contributed by atoms with Gasteiger partial charge in [0.2, 0.25) is 0 Å². The Bertz CT molecular complexity index is 999. The molecule has 3 atom stereocenters. The van der Waals surface area contributed by atoms with E-state index in [2.05, 4.69) is 6.58 Å². The van der Waals surface area contributed by atoms with E-state index in [9.17, 15) is 14.7 Å². The van der Waals surface area contributed by atoms with Crippen LogP contribution in [0.15, 0.2) is 46.5 Å². The fourth-order valence-corrected chi connectivity index (χ4v) is 5.25. The Morgan fingerprint density at radius 3 is 2.31 bits per heavy atom. The van der Waals surface area contributed by atoms with Crippen LogP contribution >= 0.6 is 46.4 Å². The van der Waals surface area contributed by atoms with E-state index >= 15 is 0 Å². The van der Waals surface area contributed by atoms with Gasteiger partial charge in [0.25, 0.3) is 0 Å². The van der Waals surface area contributed by atoms with Gasteiger partial charge >= 0.3 is 0 Å². The number of halogens is 4. The average molecular weight is 478 g/mol. The van der Waals surface area contributed by atoms with E-state index < -0.39 is 37.3 Å². The van der Waals surface area contributed by atoms with Crippen molar-refractivity contribution in [1.29, 1.82) is 0 Å². The van der Waals surface area contributed by atoms with Gasteiger partial charge < -0.3 is 14.6 Å². The summed E-state index contributed by atoms with van der Waals surface area (Å²) in [5, 5.41) is 9.79. The van der Waals surface area contributed by atoms with E-state index in [-0.39, 0.29) is 23.5 Å². The van der Waals surface area contributed by atoms with Gasteiger partial charge in [0.05, 0.1) is 14.2 Å². The monoisotopic (exact) mass is 476 g/mol. The van der Waals surface area contributed by atoms with Crippen molar-refractivity contribution in [3.8, 4) is 17.2 Å². The van der Waals surface area contributed by atoms with Gasteiger partial charge in [-0.3, -0.25) is 9.59 Å². The third kappa shape index (κ3) is 2.90. The molecule has 29 heavy (non-hydrogen) atoms. The Labute approximate surface area is 187 Å². The molecule has 0 amide bonds. The minimum Gasteiger partial charge on any atom is -0.507 e. The van der Waals surface area contributed by atoms with E-state index in [0.717, 1.165) is 0 Å². The summed E-state index contributed by atoms with van der Waals surface area (Å²) < 4.78 is 10.6. The lowest BCUT2D eigenvalue weighted by Gasteiger charge is -2.50. The molecule has 0 aromatic heterocycles. The number of phenols is 1. The average Bonchev–Trinajstić information content (AvgIpc) is 2.72. The van der Waals surface area contributed by atoms with Crippen LogP contribution in [-0.2, 0) is 9.59 Å². The number of ketones is 2. The first-order chi connectivity index (χ1) is 13.6. The molecule has 2 aliphatic carbocycles. The Morgan fingerprint density at radius 2 is 1.76 bits per heavy atom. The van der Waals surface area contributed by atoms with Crippen molar-refractivity contribution in [3.63, 3.8) is 0 Å². The summed E-state index contributed by atoms with van der Waals surface area (Å²) >= 11 is 25.6.